The normalized spacial score (nSPS) is 49.3. The summed E-state index contributed by atoms with van der Waals surface area (Å²) in [5.74, 6) is 2.10. The Morgan fingerprint density at radius 3 is 2.44 bits per heavy atom. The van der Waals surface area contributed by atoms with Crippen molar-refractivity contribution in [3.8, 4) is 0 Å². The van der Waals surface area contributed by atoms with E-state index >= 15 is 0 Å². The molecular formula is C12H19NO3. The summed E-state index contributed by atoms with van der Waals surface area (Å²) in [4.78, 5) is 15.7. The van der Waals surface area contributed by atoms with Crippen molar-refractivity contribution in [3.63, 3.8) is 0 Å². The molecule has 4 aliphatic carbocycles. The molecule has 16 heavy (non-hydrogen) atoms. The van der Waals surface area contributed by atoms with Gasteiger partial charge in [-0.3, -0.25) is 0 Å². The Labute approximate surface area is 95.5 Å². The van der Waals surface area contributed by atoms with E-state index in [1.165, 1.54) is 6.42 Å². The van der Waals surface area contributed by atoms with E-state index in [2.05, 4.69) is 6.92 Å². The van der Waals surface area contributed by atoms with Crippen molar-refractivity contribution >= 4 is 0 Å². The molecular weight excluding hydrogens is 206 g/mol. The van der Waals surface area contributed by atoms with Gasteiger partial charge in [0.2, 0.25) is 0 Å². The third-order valence-electron chi connectivity index (χ3n) is 5.26. The number of nitrogens with zero attached hydrogens (tertiary/aromatic N) is 1. The maximum absolute atomic E-state index is 10.6. The van der Waals surface area contributed by atoms with Crippen LogP contribution in [0.15, 0.2) is 0 Å². The quantitative estimate of drug-likeness (QED) is 0.548. The molecule has 4 aliphatic rings. The van der Waals surface area contributed by atoms with Crippen LogP contribution in [0.2, 0.25) is 0 Å². The Morgan fingerprint density at radius 2 is 1.94 bits per heavy atom. The molecule has 0 saturated heterocycles. The number of hydrogen-bond acceptors (Lipinski definition) is 3. The van der Waals surface area contributed by atoms with Crippen LogP contribution in [0.4, 0.5) is 0 Å². The Kier molecular flexibility index (Phi) is 2.17. The first-order chi connectivity index (χ1) is 7.63. The lowest BCUT2D eigenvalue weighted by molar-refractivity contribution is -0.777. The van der Waals surface area contributed by atoms with Crippen molar-refractivity contribution in [2.75, 3.05) is 0 Å². The van der Waals surface area contributed by atoms with Gasteiger partial charge in [0.25, 0.3) is 5.09 Å². The van der Waals surface area contributed by atoms with Crippen LogP contribution in [0.3, 0.4) is 0 Å². The van der Waals surface area contributed by atoms with Gasteiger partial charge >= 0.3 is 0 Å². The first-order valence-corrected chi connectivity index (χ1v) is 6.44. The van der Waals surface area contributed by atoms with Crippen molar-refractivity contribution in [3.05, 3.63) is 10.1 Å². The fourth-order valence-corrected chi connectivity index (χ4v) is 4.94. The fraction of sp³-hybridized carbons (Fsp3) is 1.00. The van der Waals surface area contributed by atoms with E-state index in [4.69, 9.17) is 4.84 Å². The zero-order valence-corrected chi connectivity index (χ0v) is 9.72. The van der Waals surface area contributed by atoms with E-state index in [1.54, 1.807) is 0 Å². The van der Waals surface area contributed by atoms with Crippen molar-refractivity contribution in [1.29, 1.82) is 0 Å². The van der Waals surface area contributed by atoms with Gasteiger partial charge in [0.1, 0.15) is 6.10 Å². The lowest BCUT2D eigenvalue weighted by Gasteiger charge is -2.60. The standard InChI is InChI=1S/C12H19NO3/c1-2-12-6-8-3-9(7-12)5-10(4-8)11(12)16-13(14)15/h8-11H,2-7H2,1H3. The highest BCUT2D eigenvalue weighted by Crippen LogP contribution is 2.62. The maximum Gasteiger partial charge on any atom is 0.294 e. The second-order valence-electron chi connectivity index (χ2n) is 6.07. The molecule has 4 nitrogen and oxygen atoms in total. The Hall–Kier alpha value is -0.800. The Bertz CT molecular complexity index is 303. The highest BCUT2D eigenvalue weighted by atomic mass is 17.0. The van der Waals surface area contributed by atoms with Crippen molar-refractivity contribution < 1.29 is 9.92 Å². The molecule has 4 heteroatoms. The molecule has 3 atom stereocenters. The van der Waals surface area contributed by atoms with Gasteiger partial charge in [-0.15, -0.1) is 10.1 Å². The predicted octanol–water partition coefficient (Wildman–Crippen LogP) is 2.80. The summed E-state index contributed by atoms with van der Waals surface area (Å²) in [6.07, 6.45) is 6.94. The maximum atomic E-state index is 10.6. The molecule has 0 aromatic heterocycles. The van der Waals surface area contributed by atoms with Gasteiger partial charge in [-0.2, -0.15) is 0 Å². The molecule has 0 heterocycles. The zero-order chi connectivity index (χ0) is 11.3. The number of rotatable bonds is 3. The van der Waals surface area contributed by atoms with E-state index in [1.807, 2.05) is 0 Å². The minimum atomic E-state index is -0.565. The summed E-state index contributed by atoms with van der Waals surface area (Å²) in [5.41, 5.74) is 0.127. The van der Waals surface area contributed by atoms with Crippen LogP contribution in [0.25, 0.3) is 0 Å². The molecule has 0 aromatic carbocycles. The van der Waals surface area contributed by atoms with Crippen LogP contribution in [-0.4, -0.2) is 11.2 Å². The molecule has 0 spiro atoms. The largest absolute Gasteiger partial charge is 0.310 e. The summed E-state index contributed by atoms with van der Waals surface area (Å²) in [5, 5.41) is 10.1. The van der Waals surface area contributed by atoms with Gasteiger partial charge in [0.05, 0.1) is 0 Å². The Balaban J connectivity index is 1.89. The molecule has 4 rings (SSSR count). The van der Waals surface area contributed by atoms with E-state index in [0.717, 1.165) is 43.9 Å². The third kappa shape index (κ3) is 1.35. The molecule has 0 N–H and O–H groups in total. The second kappa shape index (κ2) is 3.34. The molecule has 0 aliphatic heterocycles. The van der Waals surface area contributed by atoms with E-state index < -0.39 is 5.09 Å². The van der Waals surface area contributed by atoms with Gasteiger partial charge in [-0.25, -0.2) is 0 Å². The van der Waals surface area contributed by atoms with Crippen LogP contribution in [0, 0.1) is 33.3 Å². The smallest absolute Gasteiger partial charge is 0.294 e. The van der Waals surface area contributed by atoms with Gasteiger partial charge in [-0.1, -0.05) is 6.92 Å². The van der Waals surface area contributed by atoms with Crippen molar-refractivity contribution in [2.45, 2.75) is 51.6 Å². The average Bonchev–Trinajstić information content (AvgIpc) is 2.22. The predicted molar refractivity (Wildman–Crippen MR) is 58.1 cm³/mol. The lowest BCUT2D eigenvalue weighted by Crippen LogP contribution is -2.57. The first-order valence-electron chi connectivity index (χ1n) is 6.44. The molecule has 0 amide bonds. The summed E-state index contributed by atoms with van der Waals surface area (Å²) in [7, 11) is 0. The topological polar surface area (TPSA) is 52.4 Å². The van der Waals surface area contributed by atoms with Gasteiger partial charge < -0.3 is 4.84 Å². The molecule has 4 bridgehead atoms. The van der Waals surface area contributed by atoms with Crippen LogP contribution < -0.4 is 0 Å². The first kappa shape index (κ1) is 10.4. The highest BCUT2D eigenvalue weighted by Gasteiger charge is 2.57. The monoisotopic (exact) mass is 225 g/mol. The number of hydrogen-bond donors (Lipinski definition) is 0. The van der Waals surface area contributed by atoms with Crippen molar-refractivity contribution in [1.82, 2.24) is 0 Å². The zero-order valence-electron chi connectivity index (χ0n) is 9.72. The molecule has 3 unspecified atom stereocenters. The van der Waals surface area contributed by atoms with Gasteiger partial charge in [0.15, 0.2) is 0 Å². The molecule has 0 radical (unpaired) electrons. The summed E-state index contributed by atoms with van der Waals surface area (Å²) >= 11 is 0. The minimum absolute atomic E-state index is 0.111. The fourth-order valence-electron chi connectivity index (χ4n) is 4.94. The Morgan fingerprint density at radius 1 is 1.31 bits per heavy atom. The molecule has 0 aromatic rings. The third-order valence-corrected chi connectivity index (χ3v) is 5.26. The van der Waals surface area contributed by atoms with E-state index in [9.17, 15) is 10.1 Å². The van der Waals surface area contributed by atoms with Crippen LogP contribution in [-0.2, 0) is 4.84 Å². The summed E-state index contributed by atoms with van der Waals surface area (Å²) in [6, 6.07) is 0. The highest BCUT2D eigenvalue weighted by molar-refractivity contribution is 5.06. The SMILES string of the molecule is CCC12CC3CC(CC(C3)C1O[N+](=O)[O-])C2. The van der Waals surface area contributed by atoms with Crippen LogP contribution in [0.1, 0.15) is 45.4 Å². The van der Waals surface area contributed by atoms with Crippen LogP contribution >= 0.6 is 0 Å². The summed E-state index contributed by atoms with van der Waals surface area (Å²) < 4.78 is 0. The van der Waals surface area contributed by atoms with Gasteiger partial charge in [0, 0.05) is 0 Å². The average molecular weight is 225 g/mol. The van der Waals surface area contributed by atoms with Crippen LogP contribution in [0.5, 0.6) is 0 Å². The van der Waals surface area contributed by atoms with E-state index in [-0.39, 0.29) is 11.5 Å². The minimum Gasteiger partial charge on any atom is -0.310 e. The lowest BCUT2D eigenvalue weighted by atomic mass is 9.47. The second-order valence-corrected chi connectivity index (χ2v) is 6.07. The molecule has 90 valence electrons. The van der Waals surface area contributed by atoms with Crippen molar-refractivity contribution in [2.24, 2.45) is 23.2 Å². The summed E-state index contributed by atoms with van der Waals surface area (Å²) in [6.45, 7) is 2.17. The molecule has 4 saturated carbocycles. The molecule has 4 fully saturated rings. The van der Waals surface area contributed by atoms with E-state index in [0.29, 0.717) is 5.92 Å². The van der Waals surface area contributed by atoms with Gasteiger partial charge in [-0.05, 0) is 61.7 Å².